The number of methoxy groups -OCH3 is 1. The van der Waals surface area contributed by atoms with Gasteiger partial charge in [0.05, 0.1) is 7.11 Å². The lowest BCUT2D eigenvalue weighted by atomic mass is 9.90. The molecule has 2 N–H and O–H groups in total. The summed E-state index contributed by atoms with van der Waals surface area (Å²) >= 11 is 5.90. The summed E-state index contributed by atoms with van der Waals surface area (Å²) in [4.78, 5) is 25.0. The van der Waals surface area contributed by atoms with Gasteiger partial charge in [-0.3, -0.25) is 9.59 Å². The van der Waals surface area contributed by atoms with Crippen LogP contribution >= 0.6 is 11.6 Å². The molecular formula is C18H19ClN2O3. The molecule has 0 spiro atoms. The van der Waals surface area contributed by atoms with Crippen molar-refractivity contribution in [3.8, 4) is 5.75 Å². The van der Waals surface area contributed by atoms with Gasteiger partial charge >= 0.3 is 0 Å². The van der Waals surface area contributed by atoms with E-state index in [1.807, 2.05) is 0 Å². The van der Waals surface area contributed by atoms with Crippen molar-refractivity contribution in [1.29, 1.82) is 0 Å². The Morgan fingerprint density at radius 2 is 1.50 bits per heavy atom. The number of ether oxygens (including phenoxy) is 1. The van der Waals surface area contributed by atoms with Crippen molar-refractivity contribution in [2.75, 3.05) is 17.7 Å². The fourth-order valence-electron chi connectivity index (χ4n) is 1.94. The van der Waals surface area contributed by atoms with Gasteiger partial charge in [-0.2, -0.15) is 0 Å². The molecule has 0 saturated heterocycles. The number of hydrogen-bond donors (Lipinski definition) is 2. The third-order valence-corrected chi connectivity index (χ3v) is 3.78. The van der Waals surface area contributed by atoms with E-state index in [1.165, 1.54) is 0 Å². The van der Waals surface area contributed by atoms with Gasteiger partial charge < -0.3 is 15.4 Å². The van der Waals surface area contributed by atoms with Crippen molar-refractivity contribution in [2.24, 2.45) is 5.41 Å². The minimum absolute atomic E-state index is 0.421. The molecule has 0 radical (unpaired) electrons. The molecule has 2 rings (SSSR count). The van der Waals surface area contributed by atoms with Crippen LogP contribution in [-0.2, 0) is 9.59 Å². The fourth-order valence-corrected chi connectivity index (χ4v) is 2.14. The second-order valence-corrected chi connectivity index (χ2v) is 6.21. The van der Waals surface area contributed by atoms with Crippen LogP contribution in [0.4, 0.5) is 11.4 Å². The van der Waals surface area contributed by atoms with E-state index in [0.29, 0.717) is 22.1 Å². The molecule has 0 unspecified atom stereocenters. The van der Waals surface area contributed by atoms with Crippen LogP contribution in [0.5, 0.6) is 5.75 Å². The summed E-state index contributed by atoms with van der Waals surface area (Å²) in [6.45, 7) is 3.12. The minimum atomic E-state index is -1.27. The van der Waals surface area contributed by atoms with E-state index < -0.39 is 17.2 Å². The highest BCUT2D eigenvalue weighted by atomic mass is 35.5. The number of anilines is 2. The zero-order chi connectivity index (χ0) is 17.7. The predicted molar refractivity (Wildman–Crippen MR) is 95.5 cm³/mol. The number of benzene rings is 2. The average molecular weight is 347 g/mol. The molecule has 0 saturated carbocycles. The standard InChI is InChI=1S/C18H19ClN2O3/c1-18(2,16(22)20-13-7-4-6-12(19)10-13)17(23)21-14-8-5-9-15(11-14)24-3/h4-11H,1-3H3,(H,20,22)(H,21,23). The van der Waals surface area contributed by atoms with Crippen LogP contribution in [0.1, 0.15) is 13.8 Å². The van der Waals surface area contributed by atoms with Gasteiger partial charge in [-0.15, -0.1) is 0 Å². The van der Waals surface area contributed by atoms with Crippen LogP contribution in [0.25, 0.3) is 0 Å². The number of carbonyl (C=O) groups is 2. The normalized spacial score (nSPS) is 10.8. The first-order chi connectivity index (χ1) is 11.3. The highest BCUT2D eigenvalue weighted by Crippen LogP contribution is 2.24. The van der Waals surface area contributed by atoms with Crippen LogP contribution in [0.3, 0.4) is 0 Å². The van der Waals surface area contributed by atoms with Crippen LogP contribution in [0, 0.1) is 5.41 Å². The van der Waals surface area contributed by atoms with Crippen LogP contribution in [-0.4, -0.2) is 18.9 Å². The molecule has 0 aliphatic carbocycles. The summed E-state index contributed by atoms with van der Waals surface area (Å²) in [6.07, 6.45) is 0. The van der Waals surface area contributed by atoms with Crippen molar-refractivity contribution >= 4 is 34.8 Å². The first-order valence-electron chi connectivity index (χ1n) is 7.35. The Morgan fingerprint density at radius 3 is 2.04 bits per heavy atom. The van der Waals surface area contributed by atoms with Gasteiger partial charge in [0, 0.05) is 22.5 Å². The Hall–Kier alpha value is -2.53. The second kappa shape index (κ2) is 7.36. The lowest BCUT2D eigenvalue weighted by molar-refractivity contribution is -0.135. The average Bonchev–Trinajstić information content (AvgIpc) is 2.54. The number of halogens is 1. The SMILES string of the molecule is COc1cccc(NC(=O)C(C)(C)C(=O)Nc2cccc(Cl)c2)c1. The van der Waals surface area contributed by atoms with Crippen molar-refractivity contribution in [1.82, 2.24) is 0 Å². The first kappa shape index (κ1) is 17.8. The molecule has 126 valence electrons. The van der Waals surface area contributed by atoms with E-state index in [1.54, 1.807) is 69.5 Å². The van der Waals surface area contributed by atoms with Crippen molar-refractivity contribution in [3.63, 3.8) is 0 Å². The number of rotatable bonds is 5. The molecule has 24 heavy (non-hydrogen) atoms. The number of hydrogen-bond acceptors (Lipinski definition) is 3. The maximum Gasteiger partial charge on any atom is 0.239 e. The topological polar surface area (TPSA) is 67.4 Å². The van der Waals surface area contributed by atoms with E-state index in [-0.39, 0.29) is 0 Å². The third kappa shape index (κ3) is 4.26. The molecule has 2 aromatic carbocycles. The minimum Gasteiger partial charge on any atom is -0.497 e. The summed E-state index contributed by atoms with van der Waals surface area (Å²) in [7, 11) is 1.54. The first-order valence-corrected chi connectivity index (χ1v) is 7.73. The molecule has 5 nitrogen and oxygen atoms in total. The highest BCUT2D eigenvalue weighted by Gasteiger charge is 2.36. The van der Waals surface area contributed by atoms with Gasteiger partial charge in [0.25, 0.3) is 0 Å². The monoisotopic (exact) mass is 346 g/mol. The molecule has 0 atom stereocenters. The van der Waals surface area contributed by atoms with Crippen LogP contribution in [0.15, 0.2) is 48.5 Å². The largest absolute Gasteiger partial charge is 0.497 e. The molecule has 6 heteroatoms. The Balaban J connectivity index is 2.09. The summed E-state index contributed by atoms with van der Waals surface area (Å²) in [5, 5.41) is 5.94. The maximum absolute atomic E-state index is 12.5. The third-order valence-electron chi connectivity index (χ3n) is 3.55. The number of amides is 2. The summed E-state index contributed by atoms with van der Waals surface area (Å²) < 4.78 is 5.12. The number of nitrogens with one attached hydrogen (secondary N) is 2. The van der Waals surface area contributed by atoms with Gasteiger partial charge in [-0.1, -0.05) is 23.7 Å². The molecule has 2 aromatic rings. The quantitative estimate of drug-likeness (QED) is 0.805. The highest BCUT2D eigenvalue weighted by molar-refractivity contribution is 6.31. The molecule has 0 aliphatic heterocycles. The zero-order valence-electron chi connectivity index (χ0n) is 13.7. The lowest BCUT2D eigenvalue weighted by Gasteiger charge is -2.23. The zero-order valence-corrected chi connectivity index (χ0v) is 14.5. The van der Waals surface area contributed by atoms with Crippen LogP contribution in [0.2, 0.25) is 5.02 Å². The summed E-state index contributed by atoms with van der Waals surface area (Å²) in [5.41, 5.74) is -0.177. The fraction of sp³-hybridized carbons (Fsp3) is 0.222. The van der Waals surface area contributed by atoms with Gasteiger partial charge in [0.1, 0.15) is 11.2 Å². The van der Waals surface area contributed by atoms with Gasteiger partial charge in [-0.25, -0.2) is 0 Å². The second-order valence-electron chi connectivity index (χ2n) is 5.78. The smallest absolute Gasteiger partial charge is 0.239 e. The predicted octanol–water partition coefficient (Wildman–Crippen LogP) is 3.95. The van der Waals surface area contributed by atoms with Gasteiger partial charge in [-0.05, 0) is 44.2 Å². The molecule has 0 heterocycles. The Labute approximate surface area is 146 Å². The van der Waals surface area contributed by atoms with Gasteiger partial charge in [0.2, 0.25) is 11.8 Å². The van der Waals surface area contributed by atoms with E-state index in [4.69, 9.17) is 16.3 Å². The van der Waals surface area contributed by atoms with E-state index in [2.05, 4.69) is 10.6 Å². The van der Waals surface area contributed by atoms with Gasteiger partial charge in [0.15, 0.2) is 0 Å². The van der Waals surface area contributed by atoms with E-state index >= 15 is 0 Å². The molecular weight excluding hydrogens is 328 g/mol. The van der Waals surface area contributed by atoms with Crippen molar-refractivity contribution in [2.45, 2.75) is 13.8 Å². The summed E-state index contributed by atoms with van der Waals surface area (Å²) in [5.74, 6) is -0.227. The maximum atomic E-state index is 12.5. The molecule has 0 fully saturated rings. The van der Waals surface area contributed by atoms with E-state index in [9.17, 15) is 9.59 Å². The summed E-state index contributed by atoms with van der Waals surface area (Å²) in [6, 6.07) is 13.7. The molecule has 2 amide bonds. The Bertz CT molecular complexity index is 759. The molecule has 0 aliphatic rings. The van der Waals surface area contributed by atoms with Crippen molar-refractivity contribution in [3.05, 3.63) is 53.6 Å². The number of carbonyl (C=O) groups excluding carboxylic acids is 2. The lowest BCUT2D eigenvalue weighted by Crippen LogP contribution is -2.41. The Morgan fingerprint density at radius 1 is 0.958 bits per heavy atom. The Kier molecular flexibility index (Phi) is 5.46. The van der Waals surface area contributed by atoms with Crippen molar-refractivity contribution < 1.29 is 14.3 Å². The molecule has 0 bridgehead atoms. The van der Waals surface area contributed by atoms with E-state index in [0.717, 1.165) is 0 Å². The van der Waals surface area contributed by atoms with Crippen LogP contribution < -0.4 is 15.4 Å². The molecule has 0 aromatic heterocycles.